The summed E-state index contributed by atoms with van der Waals surface area (Å²) in [6.45, 7) is 6.24. The zero-order valence-electron chi connectivity index (χ0n) is 23.1. The van der Waals surface area contributed by atoms with Crippen LogP contribution in [0.15, 0.2) is 5.11 Å². The van der Waals surface area contributed by atoms with Crippen LogP contribution in [0.25, 0.3) is 10.4 Å². The molecule has 0 aromatic rings. The molecule has 0 saturated carbocycles. The number of carbonyl (C=O) groups excluding carboxylic acids is 1. The molecule has 1 N–H and O–H groups in total. The van der Waals surface area contributed by atoms with E-state index in [4.69, 9.17) is 15.4 Å². The van der Waals surface area contributed by atoms with E-state index in [1.54, 1.807) is 0 Å². The molecule has 0 heterocycles. The molecule has 0 bridgehead atoms. The topological polar surface area (TPSA) is 116 Å². The van der Waals surface area contributed by atoms with Crippen molar-refractivity contribution >= 4 is 11.9 Å². The van der Waals surface area contributed by atoms with Crippen molar-refractivity contribution in [3.8, 4) is 0 Å². The molecule has 0 saturated heterocycles. The highest BCUT2D eigenvalue weighted by Crippen LogP contribution is 2.11. The number of carboxylic acid groups (broad SMARTS) is 1. The summed E-state index contributed by atoms with van der Waals surface area (Å²) in [6.07, 6.45) is 20.9. The fourth-order valence-corrected chi connectivity index (χ4v) is 4.34. The van der Waals surface area contributed by atoms with Crippen molar-refractivity contribution in [1.82, 2.24) is 4.90 Å². The van der Waals surface area contributed by atoms with E-state index in [1.165, 1.54) is 44.9 Å². The first-order valence-corrected chi connectivity index (χ1v) is 14.7. The molecule has 36 heavy (non-hydrogen) atoms. The second-order valence-electron chi connectivity index (χ2n) is 9.92. The van der Waals surface area contributed by atoms with E-state index in [0.717, 1.165) is 90.3 Å². The van der Waals surface area contributed by atoms with Gasteiger partial charge in [-0.2, -0.15) is 0 Å². The van der Waals surface area contributed by atoms with Crippen molar-refractivity contribution in [2.75, 3.05) is 32.8 Å². The predicted octanol–water partition coefficient (Wildman–Crippen LogP) is 8.05. The van der Waals surface area contributed by atoms with Crippen LogP contribution in [0.2, 0.25) is 0 Å². The van der Waals surface area contributed by atoms with Gasteiger partial charge >= 0.3 is 11.9 Å². The van der Waals surface area contributed by atoms with Gasteiger partial charge in [0.2, 0.25) is 0 Å². The van der Waals surface area contributed by atoms with Gasteiger partial charge in [0.15, 0.2) is 0 Å². The van der Waals surface area contributed by atoms with Gasteiger partial charge in [0.1, 0.15) is 0 Å². The first-order valence-electron chi connectivity index (χ1n) is 14.7. The van der Waals surface area contributed by atoms with Crippen LogP contribution >= 0.6 is 0 Å². The van der Waals surface area contributed by atoms with E-state index < -0.39 is 5.97 Å². The highest BCUT2D eigenvalue weighted by Gasteiger charge is 2.07. The number of azide groups is 1. The molecule has 0 rings (SSSR count). The van der Waals surface area contributed by atoms with Gasteiger partial charge in [0.25, 0.3) is 0 Å². The maximum absolute atomic E-state index is 12.0. The van der Waals surface area contributed by atoms with Crippen molar-refractivity contribution < 1.29 is 19.4 Å². The van der Waals surface area contributed by atoms with E-state index in [0.29, 0.717) is 19.6 Å². The molecule has 0 unspecified atom stereocenters. The molecule has 0 aliphatic heterocycles. The molecule has 0 aromatic heterocycles. The summed E-state index contributed by atoms with van der Waals surface area (Å²) < 4.78 is 5.39. The number of hydrogen-bond acceptors (Lipinski definition) is 5. The summed E-state index contributed by atoms with van der Waals surface area (Å²) in [5.74, 6) is -0.781. The van der Waals surface area contributed by atoms with Crippen molar-refractivity contribution in [1.29, 1.82) is 0 Å². The highest BCUT2D eigenvalue weighted by atomic mass is 16.5. The smallest absolute Gasteiger partial charge is 0.305 e. The molecule has 8 heteroatoms. The molecule has 0 aliphatic carbocycles. The lowest BCUT2D eigenvalue weighted by Gasteiger charge is -2.22. The van der Waals surface area contributed by atoms with Crippen LogP contribution in [0.1, 0.15) is 135 Å². The Bertz CT molecular complexity index is 568. The number of carboxylic acids is 1. The van der Waals surface area contributed by atoms with Gasteiger partial charge in [-0.3, -0.25) is 9.59 Å². The van der Waals surface area contributed by atoms with Crippen LogP contribution in [-0.2, 0) is 14.3 Å². The summed E-state index contributed by atoms with van der Waals surface area (Å²) >= 11 is 0. The molecule has 8 nitrogen and oxygen atoms in total. The van der Waals surface area contributed by atoms with E-state index in [-0.39, 0.29) is 12.4 Å². The quantitative estimate of drug-likeness (QED) is 0.0376. The second-order valence-corrected chi connectivity index (χ2v) is 9.92. The Hall–Kier alpha value is -1.79. The average Bonchev–Trinajstić information content (AvgIpc) is 2.86. The van der Waals surface area contributed by atoms with Gasteiger partial charge in [-0.15, -0.1) is 0 Å². The molecule has 0 fully saturated rings. The fourth-order valence-electron chi connectivity index (χ4n) is 4.34. The Kier molecular flexibility index (Phi) is 26.4. The minimum Gasteiger partial charge on any atom is -0.481 e. The van der Waals surface area contributed by atoms with Gasteiger partial charge in [0, 0.05) is 24.3 Å². The van der Waals surface area contributed by atoms with E-state index >= 15 is 0 Å². The van der Waals surface area contributed by atoms with Gasteiger partial charge in [-0.1, -0.05) is 89.1 Å². The first-order chi connectivity index (χ1) is 17.6. The van der Waals surface area contributed by atoms with Gasteiger partial charge in [0.05, 0.1) is 6.61 Å². The molecule has 0 amide bonds. The number of hydrogen-bond donors (Lipinski definition) is 1. The van der Waals surface area contributed by atoms with Crippen LogP contribution in [0.4, 0.5) is 0 Å². The Morgan fingerprint density at radius 1 is 0.722 bits per heavy atom. The number of esters is 1. The third kappa shape index (κ3) is 26.8. The van der Waals surface area contributed by atoms with Crippen LogP contribution in [0.5, 0.6) is 0 Å². The molecule has 0 aliphatic rings. The molecular formula is C28H54N4O4. The van der Waals surface area contributed by atoms with Gasteiger partial charge in [-0.05, 0) is 63.7 Å². The predicted molar refractivity (Wildman–Crippen MR) is 147 cm³/mol. The van der Waals surface area contributed by atoms with Crippen LogP contribution < -0.4 is 0 Å². The summed E-state index contributed by atoms with van der Waals surface area (Å²) in [5.41, 5.74) is 8.46. The molecule has 0 radical (unpaired) electrons. The Labute approximate surface area is 220 Å². The minimum atomic E-state index is -0.715. The molecule has 0 aromatic carbocycles. The summed E-state index contributed by atoms with van der Waals surface area (Å²) in [5, 5.41) is 12.3. The lowest BCUT2D eigenvalue weighted by molar-refractivity contribution is -0.144. The number of rotatable bonds is 28. The highest BCUT2D eigenvalue weighted by molar-refractivity contribution is 5.69. The maximum atomic E-state index is 12.0. The third-order valence-electron chi connectivity index (χ3n) is 6.53. The lowest BCUT2D eigenvalue weighted by atomic mass is 10.1. The maximum Gasteiger partial charge on any atom is 0.305 e. The summed E-state index contributed by atoms with van der Waals surface area (Å²) in [6, 6.07) is 0. The van der Waals surface area contributed by atoms with Crippen LogP contribution in [-0.4, -0.2) is 54.7 Å². The van der Waals surface area contributed by atoms with E-state index in [2.05, 4.69) is 21.8 Å². The minimum absolute atomic E-state index is 0.0660. The zero-order chi connectivity index (χ0) is 26.5. The number of nitrogens with zero attached hydrogens (tertiary/aromatic N) is 4. The molecule has 0 spiro atoms. The molecular weight excluding hydrogens is 456 g/mol. The van der Waals surface area contributed by atoms with Crippen molar-refractivity contribution in [2.24, 2.45) is 5.11 Å². The number of carbonyl (C=O) groups is 2. The van der Waals surface area contributed by atoms with Gasteiger partial charge < -0.3 is 14.7 Å². The average molecular weight is 511 g/mol. The fraction of sp³-hybridized carbons (Fsp3) is 0.929. The Morgan fingerprint density at radius 2 is 1.22 bits per heavy atom. The van der Waals surface area contributed by atoms with Gasteiger partial charge in [-0.25, -0.2) is 0 Å². The standard InChI is InChI=1S/C28H54N4O4/c1-2-3-4-5-6-7-8-12-18-26-36-28(35)21-15-13-17-24-32(25-19-22-30-31-29)23-16-11-9-10-14-20-27(33)34/h2-26H2,1H3,(H,33,34). The normalized spacial score (nSPS) is 10.9. The third-order valence-corrected chi connectivity index (χ3v) is 6.53. The number of unbranched alkanes of at least 4 members (excludes halogenated alkanes) is 14. The monoisotopic (exact) mass is 510 g/mol. The molecule has 210 valence electrons. The van der Waals surface area contributed by atoms with E-state index in [1.807, 2.05) is 0 Å². The van der Waals surface area contributed by atoms with Crippen molar-refractivity contribution in [2.45, 2.75) is 135 Å². The summed E-state index contributed by atoms with van der Waals surface area (Å²) in [4.78, 5) is 27.8. The van der Waals surface area contributed by atoms with Crippen molar-refractivity contribution in [3.05, 3.63) is 10.4 Å². The van der Waals surface area contributed by atoms with E-state index in [9.17, 15) is 9.59 Å². The number of aliphatic carboxylic acids is 1. The van der Waals surface area contributed by atoms with Crippen molar-refractivity contribution in [3.63, 3.8) is 0 Å². The second kappa shape index (κ2) is 27.8. The zero-order valence-corrected chi connectivity index (χ0v) is 23.1. The Morgan fingerprint density at radius 3 is 1.83 bits per heavy atom. The largest absolute Gasteiger partial charge is 0.481 e. The SMILES string of the molecule is CCCCCCCCCCCOC(=O)CCCCCN(CCCCCCCC(=O)O)CCCN=[N+]=[N-]. The van der Waals surface area contributed by atoms with Crippen LogP contribution in [0, 0.1) is 0 Å². The number of ether oxygens (including phenoxy) is 1. The lowest BCUT2D eigenvalue weighted by Crippen LogP contribution is -2.27. The molecule has 0 atom stereocenters. The Balaban J connectivity index is 3.78. The van der Waals surface area contributed by atoms with Crippen LogP contribution in [0.3, 0.4) is 0 Å². The summed E-state index contributed by atoms with van der Waals surface area (Å²) in [7, 11) is 0. The first kappa shape index (κ1) is 34.2.